The molecule has 2 heterocycles. The third kappa shape index (κ3) is 2.71. The van der Waals surface area contributed by atoms with Gasteiger partial charge in [0.25, 0.3) is 5.91 Å². The van der Waals surface area contributed by atoms with Gasteiger partial charge in [-0.25, -0.2) is 4.98 Å². The van der Waals surface area contributed by atoms with Gasteiger partial charge in [0.15, 0.2) is 12.1 Å². The number of nitrogens with zero attached hydrogens (tertiary/aromatic N) is 1. The summed E-state index contributed by atoms with van der Waals surface area (Å²) in [6.45, 7) is 7.81. The van der Waals surface area contributed by atoms with Crippen LogP contribution in [0.4, 0.5) is 0 Å². The van der Waals surface area contributed by atoms with E-state index in [9.17, 15) is 4.79 Å². The van der Waals surface area contributed by atoms with Crippen LogP contribution in [-0.2, 0) is 0 Å². The molecule has 1 aromatic heterocycles. The first-order valence-corrected chi connectivity index (χ1v) is 7.36. The number of carbonyl (C=O) groups excluding carboxylic acids is 1. The zero-order valence-electron chi connectivity index (χ0n) is 13.3. The van der Waals surface area contributed by atoms with Gasteiger partial charge in [0, 0.05) is 12.0 Å². The molecule has 116 valence electrons. The second-order valence-corrected chi connectivity index (χ2v) is 6.39. The molecule has 1 atom stereocenters. The van der Waals surface area contributed by atoms with E-state index in [1.54, 1.807) is 6.92 Å². The van der Waals surface area contributed by atoms with Gasteiger partial charge in [-0.2, -0.15) is 0 Å². The van der Waals surface area contributed by atoms with Crippen molar-refractivity contribution < 1.29 is 13.9 Å². The first kappa shape index (κ1) is 14.6. The zero-order chi connectivity index (χ0) is 15.9. The van der Waals surface area contributed by atoms with Crippen molar-refractivity contribution in [1.82, 2.24) is 10.3 Å². The molecule has 0 saturated heterocycles. The Balaban J connectivity index is 1.91. The summed E-state index contributed by atoms with van der Waals surface area (Å²) in [5, 5.41) is 3.05. The minimum absolute atomic E-state index is 0.108. The van der Waals surface area contributed by atoms with E-state index < -0.39 is 0 Å². The lowest BCUT2D eigenvalue weighted by molar-refractivity contribution is 0.0617. The topological polar surface area (TPSA) is 64.4 Å². The van der Waals surface area contributed by atoms with Crippen molar-refractivity contribution in [3.05, 3.63) is 47.2 Å². The number of rotatable bonds is 2. The molecule has 0 saturated carbocycles. The van der Waals surface area contributed by atoms with E-state index in [0.29, 0.717) is 17.9 Å². The molecule has 22 heavy (non-hydrogen) atoms. The van der Waals surface area contributed by atoms with Crippen molar-refractivity contribution in [3.8, 4) is 5.75 Å². The van der Waals surface area contributed by atoms with Crippen LogP contribution in [0.15, 0.2) is 29.0 Å². The van der Waals surface area contributed by atoms with E-state index in [1.807, 2.05) is 39.0 Å². The monoisotopic (exact) mass is 300 g/mol. The highest BCUT2D eigenvalue weighted by Gasteiger charge is 2.35. The maximum atomic E-state index is 12.4. The van der Waals surface area contributed by atoms with Crippen LogP contribution in [0.1, 0.15) is 53.7 Å². The van der Waals surface area contributed by atoms with Crippen LogP contribution in [0, 0.1) is 13.8 Å². The number of fused-ring (bicyclic) bond motifs is 1. The number of aryl methyl sites for hydroxylation is 2. The Morgan fingerprint density at radius 1 is 1.36 bits per heavy atom. The average molecular weight is 300 g/mol. The number of oxazole rings is 1. The summed E-state index contributed by atoms with van der Waals surface area (Å²) in [6.07, 6.45) is 1.99. The van der Waals surface area contributed by atoms with Crippen LogP contribution < -0.4 is 10.1 Å². The zero-order valence-corrected chi connectivity index (χ0v) is 13.3. The molecule has 1 N–H and O–H groups in total. The lowest BCUT2D eigenvalue weighted by atomic mass is 9.89. The van der Waals surface area contributed by atoms with Gasteiger partial charge in [0.2, 0.25) is 0 Å². The van der Waals surface area contributed by atoms with Crippen molar-refractivity contribution in [1.29, 1.82) is 0 Å². The number of hydrogen-bond acceptors (Lipinski definition) is 4. The molecular formula is C17H20N2O3. The predicted molar refractivity (Wildman–Crippen MR) is 82.0 cm³/mol. The molecule has 0 unspecified atom stereocenters. The highest BCUT2D eigenvalue weighted by Crippen LogP contribution is 2.40. The molecule has 5 nitrogen and oxygen atoms in total. The number of carbonyl (C=O) groups is 1. The Morgan fingerprint density at radius 3 is 2.82 bits per heavy atom. The molecule has 1 amide bonds. The first-order chi connectivity index (χ1) is 10.4. The van der Waals surface area contributed by atoms with Crippen LogP contribution in [0.25, 0.3) is 0 Å². The summed E-state index contributed by atoms with van der Waals surface area (Å²) in [5.41, 5.74) is 2.13. The molecule has 1 aliphatic rings. The number of ether oxygens (including phenoxy) is 1. The van der Waals surface area contributed by atoms with Crippen LogP contribution in [0.3, 0.4) is 0 Å². The molecule has 1 aliphatic heterocycles. The minimum atomic E-state index is -0.336. The number of nitrogens with one attached hydrogen (secondary N) is 1. The van der Waals surface area contributed by atoms with Gasteiger partial charge in [-0.15, -0.1) is 0 Å². The maximum Gasteiger partial charge on any atom is 0.274 e. The first-order valence-electron chi connectivity index (χ1n) is 7.36. The van der Waals surface area contributed by atoms with E-state index in [-0.39, 0.29) is 17.6 Å². The molecule has 3 rings (SSSR count). The molecule has 2 aromatic rings. The third-order valence-electron chi connectivity index (χ3n) is 3.89. The lowest BCUT2D eigenvalue weighted by Crippen LogP contribution is -2.41. The van der Waals surface area contributed by atoms with Crippen molar-refractivity contribution in [2.24, 2.45) is 0 Å². The summed E-state index contributed by atoms with van der Waals surface area (Å²) >= 11 is 0. The Kier molecular flexibility index (Phi) is 3.43. The highest BCUT2D eigenvalue weighted by molar-refractivity contribution is 5.93. The molecule has 5 heteroatoms. The van der Waals surface area contributed by atoms with Crippen LogP contribution in [0.2, 0.25) is 0 Å². The molecule has 1 aromatic carbocycles. The number of hydrogen-bond donors (Lipinski definition) is 1. The van der Waals surface area contributed by atoms with Crippen molar-refractivity contribution in [2.75, 3.05) is 0 Å². The molecule has 0 spiro atoms. The van der Waals surface area contributed by atoms with Crippen LogP contribution in [0.5, 0.6) is 5.75 Å². The minimum Gasteiger partial charge on any atom is -0.487 e. The summed E-state index contributed by atoms with van der Waals surface area (Å²) in [4.78, 5) is 16.4. The Bertz CT molecular complexity index is 718. The van der Waals surface area contributed by atoms with Gasteiger partial charge in [0.1, 0.15) is 17.1 Å². The van der Waals surface area contributed by atoms with Crippen LogP contribution >= 0.6 is 0 Å². The van der Waals surface area contributed by atoms with Gasteiger partial charge < -0.3 is 14.5 Å². The Hall–Kier alpha value is -2.30. The largest absolute Gasteiger partial charge is 0.487 e. The highest BCUT2D eigenvalue weighted by atomic mass is 16.5. The second kappa shape index (κ2) is 5.16. The van der Waals surface area contributed by atoms with E-state index in [1.165, 1.54) is 6.39 Å². The van der Waals surface area contributed by atoms with Crippen molar-refractivity contribution >= 4 is 5.91 Å². The number of amides is 1. The Labute approximate surface area is 129 Å². The van der Waals surface area contributed by atoms with Gasteiger partial charge in [-0.05, 0) is 39.3 Å². The predicted octanol–water partition coefficient (Wildman–Crippen LogP) is 3.32. The van der Waals surface area contributed by atoms with E-state index in [0.717, 1.165) is 16.9 Å². The smallest absolute Gasteiger partial charge is 0.274 e. The summed E-state index contributed by atoms with van der Waals surface area (Å²) in [7, 11) is 0. The van der Waals surface area contributed by atoms with E-state index >= 15 is 0 Å². The fourth-order valence-corrected chi connectivity index (χ4v) is 2.84. The quantitative estimate of drug-likeness (QED) is 0.924. The standard InChI is InChI=1S/C17H20N2O3/c1-10-5-6-12-13(8-17(3,4)22-14(12)7-10)19-16(20)15-11(2)21-9-18-15/h5-7,9,13H,8H2,1-4H3,(H,19,20)/t13-/m1/s1. The van der Waals surface area contributed by atoms with E-state index in [4.69, 9.17) is 9.15 Å². The molecule has 0 radical (unpaired) electrons. The summed E-state index contributed by atoms with van der Waals surface area (Å²) in [5.74, 6) is 1.13. The molecule has 0 fully saturated rings. The van der Waals surface area contributed by atoms with E-state index in [2.05, 4.69) is 10.3 Å². The van der Waals surface area contributed by atoms with Gasteiger partial charge in [-0.1, -0.05) is 12.1 Å². The fraction of sp³-hybridized carbons (Fsp3) is 0.412. The molecule has 0 bridgehead atoms. The van der Waals surface area contributed by atoms with Crippen molar-refractivity contribution in [2.45, 2.75) is 45.8 Å². The molecule has 0 aliphatic carbocycles. The number of benzene rings is 1. The summed E-state index contributed by atoms with van der Waals surface area (Å²) in [6, 6.07) is 5.95. The maximum absolute atomic E-state index is 12.4. The lowest BCUT2D eigenvalue weighted by Gasteiger charge is -2.38. The molecular weight excluding hydrogens is 280 g/mol. The third-order valence-corrected chi connectivity index (χ3v) is 3.89. The average Bonchev–Trinajstić information content (AvgIpc) is 2.83. The summed E-state index contributed by atoms with van der Waals surface area (Å²) < 4.78 is 11.1. The van der Waals surface area contributed by atoms with Gasteiger partial charge in [0.05, 0.1) is 6.04 Å². The number of aromatic nitrogens is 1. The fourth-order valence-electron chi connectivity index (χ4n) is 2.84. The SMILES string of the molecule is Cc1ccc2c(c1)OC(C)(C)C[C@H]2NC(=O)c1ncoc1C. The second-order valence-electron chi connectivity index (χ2n) is 6.39. The van der Waals surface area contributed by atoms with Crippen molar-refractivity contribution in [3.63, 3.8) is 0 Å². The Morgan fingerprint density at radius 2 is 2.14 bits per heavy atom. The van der Waals surface area contributed by atoms with Gasteiger partial charge in [-0.3, -0.25) is 4.79 Å². The normalized spacial score (nSPS) is 19.2. The van der Waals surface area contributed by atoms with Gasteiger partial charge >= 0.3 is 0 Å². The van der Waals surface area contributed by atoms with Crippen LogP contribution in [-0.4, -0.2) is 16.5 Å².